The van der Waals surface area contributed by atoms with E-state index in [2.05, 4.69) is 15.4 Å². The molecule has 2 radical (unpaired) electrons. The SMILES string of the molecule is [B]c1cnn2c(NCC3CCCN(S(=O)(=O)c4cc(Cl)cc(Cl)c4)C3)cc(-c3ccccc3Cl)nc12. The van der Waals surface area contributed by atoms with E-state index in [1.807, 2.05) is 24.3 Å². The number of aromatic nitrogens is 3. The lowest BCUT2D eigenvalue weighted by molar-refractivity contribution is 0.275. The van der Waals surface area contributed by atoms with Gasteiger partial charge >= 0.3 is 0 Å². The molecular formula is C24H21BCl3N5O2S. The van der Waals surface area contributed by atoms with Gasteiger partial charge < -0.3 is 5.32 Å². The van der Waals surface area contributed by atoms with Crippen molar-refractivity contribution in [3.05, 3.63) is 69.8 Å². The highest BCUT2D eigenvalue weighted by Crippen LogP contribution is 2.30. The van der Waals surface area contributed by atoms with E-state index in [4.69, 9.17) is 42.6 Å². The standard InChI is InChI=1S/C24H21BCl3N5O2S/c25-20-13-30-33-23(11-22(31-24(20)33)19-5-1-2-6-21(19)28)29-12-15-4-3-7-32(14-15)36(34,35)18-9-16(26)8-17(27)10-18/h1-2,5-6,8-11,13,15,29H,3-4,7,12,14H2. The molecular weight excluding hydrogens is 540 g/mol. The fourth-order valence-corrected chi connectivity index (χ4v) is 6.91. The molecule has 2 aromatic heterocycles. The van der Waals surface area contributed by atoms with Crippen LogP contribution in [-0.4, -0.2) is 54.8 Å². The monoisotopic (exact) mass is 559 g/mol. The molecule has 184 valence electrons. The van der Waals surface area contributed by atoms with Gasteiger partial charge in [0.2, 0.25) is 10.0 Å². The molecule has 0 bridgehead atoms. The molecule has 12 heteroatoms. The van der Waals surface area contributed by atoms with Crippen molar-refractivity contribution in [2.24, 2.45) is 5.92 Å². The molecule has 5 rings (SSSR count). The summed E-state index contributed by atoms with van der Waals surface area (Å²) in [6.45, 7) is 1.34. The Morgan fingerprint density at radius 2 is 1.83 bits per heavy atom. The van der Waals surface area contributed by atoms with Gasteiger partial charge in [-0.25, -0.2) is 13.4 Å². The Balaban J connectivity index is 1.38. The van der Waals surface area contributed by atoms with Crippen molar-refractivity contribution in [1.82, 2.24) is 18.9 Å². The first-order chi connectivity index (χ1) is 17.2. The van der Waals surface area contributed by atoms with E-state index in [9.17, 15) is 8.42 Å². The summed E-state index contributed by atoms with van der Waals surface area (Å²) in [7, 11) is 2.39. The summed E-state index contributed by atoms with van der Waals surface area (Å²) >= 11 is 18.5. The molecule has 0 spiro atoms. The zero-order valence-corrected chi connectivity index (χ0v) is 22.1. The number of hydrogen-bond acceptors (Lipinski definition) is 5. The summed E-state index contributed by atoms with van der Waals surface area (Å²) in [6, 6.07) is 13.7. The van der Waals surface area contributed by atoms with Crippen LogP contribution in [0, 0.1) is 5.92 Å². The molecule has 3 heterocycles. The van der Waals surface area contributed by atoms with E-state index in [-0.39, 0.29) is 20.9 Å². The van der Waals surface area contributed by atoms with Gasteiger partial charge in [0, 0.05) is 52.5 Å². The Hall–Kier alpha value is -2.30. The van der Waals surface area contributed by atoms with Gasteiger partial charge in [0.05, 0.1) is 10.6 Å². The number of nitrogens with one attached hydrogen (secondary N) is 1. The van der Waals surface area contributed by atoms with E-state index >= 15 is 0 Å². The summed E-state index contributed by atoms with van der Waals surface area (Å²) in [5.74, 6) is 0.760. The normalized spacial score (nSPS) is 16.9. The third kappa shape index (κ3) is 5.08. The molecule has 1 unspecified atom stereocenters. The van der Waals surface area contributed by atoms with Crippen LogP contribution in [0.3, 0.4) is 0 Å². The van der Waals surface area contributed by atoms with Crippen LogP contribution in [0.4, 0.5) is 5.82 Å². The number of halogens is 3. The predicted octanol–water partition coefficient (Wildman–Crippen LogP) is 4.66. The summed E-state index contributed by atoms with van der Waals surface area (Å²) in [5, 5.41) is 8.92. The maximum Gasteiger partial charge on any atom is 0.243 e. The number of anilines is 1. The predicted molar refractivity (Wildman–Crippen MR) is 145 cm³/mol. The Labute approximate surface area is 225 Å². The summed E-state index contributed by atoms with van der Waals surface area (Å²) in [5.41, 5.74) is 2.40. The Kier molecular flexibility index (Phi) is 7.20. The van der Waals surface area contributed by atoms with Gasteiger partial charge in [0.25, 0.3) is 0 Å². The lowest BCUT2D eigenvalue weighted by Crippen LogP contribution is -2.41. The number of hydrogen-bond donors (Lipinski definition) is 1. The number of nitrogens with zero attached hydrogens (tertiary/aromatic N) is 4. The zero-order valence-electron chi connectivity index (χ0n) is 19.0. The van der Waals surface area contributed by atoms with Crippen molar-refractivity contribution in [3.63, 3.8) is 0 Å². The Bertz CT molecular complexity index is 1530. The molecule has 1 N–H and O–H groups in total. The van der Waals surface area contributed by atoms with Gasteiger partial charge in [0.1, 0.15) is 13.7 Å². The minimum Gasteiger partial charge on any atom is -0.370 e. The zero-order chi connectivity index (χ0) is 25.4. The van der Waals surface area contributed by atoms with Crippen LogP contribution in [0.25, 0.3) is 16.9 Å². The molecule has 1 aliphatic rings. The van der Waals surface area contributed by atoms with Gasteiger partial charge in [-0.05, 0) is 48.5 Å². The second kappa shape index (κ2) is 10.2. The lowest BCUT2D eigenvalue weighted by atomic mass is 9.99. The fourth-order valence-electron chi connectivity index (χ4n) is 4.40. The maximum absolute atomic E-state index is 13.3. The Morgan fingerprint density at radius 1 is 1.08 bits per heavy atom. The summed E-state index contributed by atoms with van der Waals surface area (Å²) in [6.07, 6.45) is 3.17. The maximum atomic E-state index is 13.3. The molecule has 1 fully saturated rings. The van der Waals surface area contributed by atoms with Crippen LogP contribution in [0.2, 0.25) is 15.1 Å². The highest BCUT2D eigenvalue weighted by atomic mass is 35.5. The molecule has 1 atom stereocenters. The largest absolute Gasteiger partial charge is 0.370 e. The van der Waals surface area contributed by atoms with E-state index in [0.717, 1.165) is 18.4 Å². The van der Waals surface area contributed by atoms with Crippen LogP contribution in [0.15, 0.2) is 59.6 Å². The van der Waals surface area contributed by atoms with E-state index in [0.29, 0.717) is 47.3 Å². The van der Waals surface area contributed by atoms with Crippen molar-refractivity contribution in [3.8, 4) is 11.3 Å². The van der Waals surface area contributed by atoms with Crippen LogP contribution in [-0.2, 0) is 10.0 Å². The number of piperidine rings is 1. The van der Waals surface area contributed by atoms with Crippen LogP contribution in [0.1, 0.15) is 12.8 Å². The molecule has 2 aromatic carbocycles. The first-order valence-corrected chi connectivity index (χ1v) is 13.9. The summed E-state index contributed by atoms with van der Waals surface area (Å²) in [4.78, 5) is 4.75. The van der Waals surface area contributed by atoms with Crippen LogP contribution < -0.4 is 10.8 Å². The molecule has 0 saturated carbocycles. The quantitative estimate of drug-likeness (QED) is 0.347. The average molecular weight is 561 g/mol. The van der Waals surface area contributed by atoms with Crippen molar-refractivity contribution in [2.45, 2.75) is 17.7 Å². The number of rotatable bonds is 6. The van der Waals surface area contributed by atoms with Crippen molar-refractivity contribution < 1.29 is 8.42 Å². The first-order valence-electron chi connectivity index (χ1n) is 11.3. The minimum absolute atomic E-state index is 0.0723. The van der Waals surface area contributed by atoms with Gasteiger partial charge in [-0.1, -0.05) is 53.0 Å². The minimum atomic E-state index is -3.72. The summed E-state index contributed by atoms with van der Waals surface area (Å²) < 4.78 is 29.7. The van der Waals surface area contributed by atoms with E-state index in [1.54, 1.807) is 16.8 Å². The molecule has 0 aliphatic carbocycles. The number of fused-ring (bicyclic) bond motifs is 1. The van der Waals surface area contributed by atoms with Gasteiger partial charge in [-0.3, -0.25) is 0 Å². The van der Waals surface area contributed by atoms with Crippen LogP contribution >= 0.6 is 34.8 Å². The molecule has 1 aliphatic heterocycles. The smallest absolute Gasteiger partial charge is 0.243 e. The molecule has 0 amide bonds. The average Bonchev–Trinajstić information content (AvgIpc) is 3.23. The Morgan fingerprint density at radius 3 is 2.58 bits per heavy atom. The topological polar surface area (TPSA) is 79.6 Å². The number of benzene rings is 2. The highest BCUT2D eigenvalue weighted by Gasteiger charge is 2.31. The molecule has 4 aromatic rings. The lowest BCUT2D eigenvalue weighted by Gasteiger charge is -2.32. The number of sulfonamides is 1. The van der Waals surface area contributed by atoms with Gasteiger partial charge in [-0.15, -0.1) is 0 Å². The first kappa shape index (κ1) is 25.4. The highest BCUT2D eigenvalue weighted by molar-refractivity contribution is 7.89. The second-order valence-electron chi connectivity index (χ2n) is 8.70. The third-order valence-corrected chi connectivity index (χ3v) is 8.79. The molecule has 36 heavy (non-hydrogen) atoms. The fraction of sp³-hybridized carbons (Fsp3) is 0.250. The molecule has 7 nitrogen and oxygen atoms in total. The van der Waals surface area contributed by atoms with Gasteiger partial charge in [0.15, 0.2) is 5.65 Å². The second-order valence-corrected chi connectivity index (χ2v) is 11.9. The van der Waals surface area contributed by atoms with Crippen molar-refractivity contribution in [1.29, 1.82) is 0 Å². The van der Waals surface area contributed by atoms with Crippen molar-refractivity contribution >= 4 is 69.6 Å². The van der Waals surface area contributed by atoms with Crippen molar-refractivity contribution in [2.75, 3.05) is 25.0 Å². The van der Waals surface area contributed by atoms with Crippen LogP contribution in [0.5, 0.6) is 0 Å². The van der Waals surface area contributed by atoms with E-state index in [1.165, 1.54) is 22.5 Å². The molecule has 1 saturated heterocycles. The van der Waals surface area contributed by atoms with Gasteiger partial charge in [-0.2, -0.15) is 13.9 Å². The third-order valence-electron chi connectivity index (χ3n) is 6.18. The van der Waals surface area contributed by atoms with E-state index < -0.39 is 10.0 Å².